The predicted octanol–water partition coefficient (Wildman–Crippen LogP) is 0.600. The maximum atomic E-state index is 10.2. The molecule has 0 bridgehead atoms. The summed E-state index contributed by atoms with van der Waals surface area (Å²) in [5.74, 6) is 0.451. The number of carbonyl (C=O) groups excluding carboxylic acids is 1. The number of hydrogen-bond acceptors (Lipinski definition) is 4. The van der Waals surface area contributed by atoms with Gasteiger partial charge in [-0.3, -0.25) is 4.79 Å². The van der Waals surface area contributed by atoms with Gasteiger partial charge in [-0.05, 0) is 6.42 Å². The molecule has 1 rings (SSSR count). The number of carbonyl (C=O) groups is 1. The average molecular weight is 163 g/mol. The Hall–Kier alpha value is -1.71. The Bertz CT molecular complexity index is 309. The summed E-state index contributed by atoms with van der Waals surface area (Å²) in [5, 5.41) is 0. The maximum absolute atomic E-state index is 10.2. The van der Waals surface area contributed by atoms with Crippen LogP contribution in [0.1, 0.15) is 16.2 Å². The number of rotatable bonds is 3. The van der Waals surface area contributed by atoms with Crippen molar-refractivity contribution in [2.45, 2.75) is 6.42 Å². The van der Waals surface area contributed by atoms with E-state index in [9.17, 15) is 4.79 Å². The van der Waals surface area contributed by atoms with Crippen LogP contribution in [0.2, 0.25) is 0 Å². The molecule has 0 radical (unpaired) electrons. The molecule has 12 heavy (non-hydrogen) atoms. The zero-order valence-electron chi connectivity index (χ0n) is 6.53. The van der Waals surface area contributed by atoms with E-state index in [0.29, 0.717) is 18.5 Å². The standard InChI is InChI=1S/C8H9N3O/c1-2-3-6-4-10-7(5-12)11-8(6)9/h2,4-5H,1,3H2,(H2,9,10,11). The molecule has 0 atom stereocenters. The molecule has 0 saturated heterocycles. The first-order valence-electron chi connectivity index (χ1n) is 3.45. The van der Waals surface area contributed by atoms with Crippen LogP contribution in [0.3, 0.4) is 0 Å². The Morgan fingerprint density at radius 1 is 1.67 bits per heavy atom. The first kappa shape index (κ1) is 8.39. The second kappa shape index (κ2) is 3.61. The normalized spacial score (nSPS) is 9.33. The number of nitrogens with two attached hydrogens (primary N) is 1. The van der Waals surface area contributed by atoms with Crippen molar-refractivity contribution in [2.75, 3.05) is 5.73 Å². The molecule has 0 aliphatic rings. The molecule has 62 valence electrons. The van der Waals surface area contributed by atoms with E-state index in [4.69, 9.17) is 5.73 Å². The van der Waals surface area contributed by atoms with Crippen molar-refractivity contribution in [3.8, 4) is 0 Å². The molecule has 0 aliphatic heterocycles. The summed E-state index contributed by atoms with van der Waals surface area (Å²) >= 11 is 0. The molecule has 0 saturated carbocycles. The number of allylic oxidation sites excluding steroid dienone is 1. The lowest BCUT2D eigenvalue weighted by Gasteiger charge is -1.99. The highest BCUT2D eigenvalue weighted by molar-refractivity contribution is 5.69. The molecule has 4 heteroatoms. The van der Waals surface area contributed by atoms with Crippen LogP contribution >= 0.6 is 0 Å². The number of nitrogen functional groups attached to an aromatic ring is 1. The van der Waals surface area contributed by atoms with Crippen molar-refractivity contribution in [3.05, 3.63) is 30.2 Å². The lowest BCUT2D eigenvalue weighted by molar-refractivity contribution is 0.111. The summed E-state index contributed by atoms with van der Waals surface area (Å²) in [6.45, 7) is 3.56. The van der Waals surface area contributed by atoms with Gasteiger partial charge in [-0.1, -0.05) is 6.08 Å². The van der Waals surface area contributed by atoms with Crippen molar-refractivity contribution in [1.82, 2.24) is 9.97 Å². The number of aromatic nitrogens is 2. The Balaban J connectivity index is 3.02. The van der Waals surface area contributed by atoms with Crippen LogP contribution in [-0.2, 0) is 6.42 Å². The van der Waals surface area contributed by atoms with Gasteiger partial charge >= 0.3 is 0 Å². The van der Waals surface area contributed by atoms with Crippen LogP contribution in [0.25, 0.3) is 0 Å². The third-order valence-corrected chi connectivity index (χ3v) is 1.39. The topological polar surface area (TPSA) is 68.9 Å². The van der Waals surface area contributed by atoms with Crippen LogP contribution in [0.5, 0.6) is 0 Å². The fourth-order valence-corrected chi connectivity index (χ4v) is 0.804. The van der Waals surface area contributed by atoms with Crippen LogP contribution in [-0.4, -0.2) is 16.3 Å². The lowest BCUT2D eigenvalue weighted by atomic mass is 10.2. The van der Waals surface area contributed by atoms with E-state index in [0.717, 1.165) is 5.56 Å². The maximum Gasteiger partial charge on any atom is 0.194 e. The number of hydrogen-bond donors (Lipinski definition) is 1. The molecule has 0 aromatic carbocycles. The van der Waals surface area contributed by atoms with Gasteiger partial charge in [0.1, 0.15) is 5.82 Å². The van der Waals surface area contributed by atoms with E-state index in [1.165, 1.54) is 6.20 Å². The predicted molar refractivity (Wildman–Crippen MR) is 45.7 cm³/mol. The molecule has 0 amide bonds. The smallest absolute Gasteiger partial charge is 0.194 e. The summed E-state index contributed by atoms with van der Waals surface area (Å²) in [6.07, 6.45) is 4.42. The van der Waals surface area contributed by atoms with Gasteiger partial charge < -0.3 is 5.73 Å². The van der Waals surface area contributed by atoms with Crippen molar-refractivity contribution >= 4 is 12.1 Å². The molecule has 2 N–H and O–H groups in total. The highest BCUT2D eigenvalue weighted by Crippen LogP contribution is 2.07. The summed E-state index contributed by atoms with van der Waals surface area (Å²) < 4.78 is 0. The van der Waals surface area contributed by atoms with Crippen LogP contribution in [0.15, 0.2) is 18.9 Å². The molecule has 0 fully saturated rings. The fraction of sp³-hybridized carbons (Fsp3) is 0.125. The molecule has 0 aliphatic carbocycles. The van der Waals surface area contributed by atoms with Gasteiger partial charge in [-0.15, -0.1) is 6.58 Å². The van der Waals surface area contributed by atoms with E-state index in [-0.39, 0.29) is 5.82 Å². The minimum atomic E-state index is 0.111. The lowest BCUT2D eigenvalue weighted by Crippen LogP contribution is -2.02. The molecule has 0 spiro atoms. The zero-order chi connectivity index (χ0) is 8.97. The highest BCUT2D eigenvalue weighted by Gasteiger charge is 2.00. The monoisotopic (exact) mass is 163 g/mol. The number of aldehydes is 1. The van der Waals surface area contributed by atoms with Crippen molar-refractivity contribution in [2.24, 2.45) is 0 Å². The quantitative estimate of drug-likeness (QED) is 0.523. The van der Waals surface area contributed by atoms with Crippen molar-refractivity contribution in [1.29, 1.82) is 0 Å². The third-order valence-electron chi connectivity index (χ3n) is 1.39. The number of anilines is 1. The Morgan fingerprint density at radius 2 is 2.42 bits per heavy atom. The van der Waals surface area contributed by atoms with Crippen LogP contribution < -0.4 is 5.73 Å². The van der Waals surface area contributed by atoms with Gasteiger partial charge in [0, 0.05) is 11.8 Å². The largest absolute Gasteiger partial charge is 0.383 e. The molecule has 1 aromatic heterocycles. The van der Waals surface area contributed by atoms with Gasteiger partial charge in [0.05, 0.1) is 0 Å². The van der Waals surface area contributed by atoms with E-state index < -0.39 is 0 Å². The zero-order valence-corrected chi connectivity index (χ0v) is 6.53. The van der Waals surface area contributed by atoms with Crippen molar-refractivity contribution < 1.29 is 4.79 Å². The van der Waals surface area contributed by atoms with E-state index in [2.05, 4.69) is 16.5 Å². The summed E-state index contributed by atoms with van der Waals surface area (Å²) in [7, 11) is 0. The molecule has 4 nitrogen and oxygen atoms in total. The van der Waals surface area contributed by atoms with E-state index in [1.54, 1.807) is 6.08 Å². The van der Waals surface area contributed by atoms with Gasteiger partial charge in [0.15, 0.2) is 12.1 Å². The second-order valence-corrected chi connectivity index (χ2v) is 2.25. The summed E-state index contributed by atoms with van der Waals surface area (Å²) in [4.78, 5) is 17.8. The van der Waals surface area contributed by atoms with E-state index in [1.807, 2.05) is 0 Å². The van der Waals surface area contributed by atoms with Gasteiger partial charge in [-0.25, -0.2) is 9.97 Å². The van der Waals surface area contributed by atoms with Gasteiger partial charge in [-0.2, -0.15) is 0 Å². The van der Waals surface area contributed by atoms with E-state index >= 15 is 0 Å². The summed E-state index contributed by atoms with van der Waals surface area (Å²) in [5.41, 5.74) is 6.31. The summed E-state index contributed by atoms with van der Waals surface area (Å²) in [6, 6.07) is 0. The molecule has 1 aromatic rings. The minimum Gasteiger partial charge on any atom is -0.383 e. The van der Waals surface area contributed by atoms with Crippen LogP contribution in [0, 0.1) is 0 Å². The first-order valence-corrected chi connectivity index (χ1v) is 3.45. The second-order valence-electron chi connectivity index (χ2n) is 2.25. The molecular formula is C8H9N3O. The average Bonchev–Trinajstić information content (AvgIpc) is 2.09. The fourth-order valence-electron chi connectivity index (χ4n) is 0.804. The highest BCUT2D eigenvalue weighted by atomic mass is 16.1. The first-order chi connectivity index (χ1) is 5.77. The molecular weight excluding hydrogens is 154 g/mol. The number of nitrogens with zero attached hydrogens (tertiary/aromatic N) is 2. The Labute approximate surface area is 70.1 Å². The molecule has 1 heterocycles. The Morgan fingerprint density at radius 3 is 2.92 bits per heavy atom. The Kier molecular flexibility index (Phi) is 2.53. The molecule has 0 unspecified atom stereocenters. The van der Waals surface area contributed by atoms with Gasteiger partial charge in [0.2, 0.25) is 0 Å². The third kappa shape index (κ3) is 1.66. The van der Waals surface area contributed by atoms with Crippen molar-refractivity contribution in [3.63, 3.8) is 0 Å². The SMILES string of the molecule is C=CCc1cnc(C=O)nc1N. The van der Waals surface area contributed by atoms with Gasteiger partial charge in [0.25, 0.3) is 0 Å². The minimum absolute atomic E-state index is 0.111. The van der Waals surface area contributed by atoms with Crippen LogP contribution in [0.4, 0.5) is 5.82 Å².